The largest absolute Gasteiger partial charge is 0.497 e. The lowest BCUT2D eigenvalue weighted by Crippen LogP contribution is -2.17. The summed E-state index contributed by atoms with van der Waals surface area (Å²) in [6.07, 6.45) is 1.56. The van der Waals surface area contributed by atoms with E-state index in [0.29, 0.717) is 34.2 Å². The smallest absolute Gasteiger partial charge is 0.271 e. The number of hydrogen-bond donors (Lipinski definition) is 1. The monoisotopic (exact) mass is 428 g/mol. The first-order valence-electron chi connectivity index (χ1n) is 9.72. The van der Waals surface area contributed by atoms with Crippen molar-refractivity contribution in [3.63, 3.8) is 0 Å². The van der Waals surface area contributed by atoms with Gasteiger partial charge >= 0.3 is 0 Å². The maximum atomic E-state index is 12.3. The normalized spacial score (nSPS) is 10.8. The Morgan fingerprint density at radius 3 is 2.34 bits per heavy atom. The summed E-state index contributed by atoms with van der Waals surface area (Å²) in [4.78, 5) is 12.3. The van der Waals surface area contributed by atoms with E-state index < -0.39 is 0 Å². The summed E-state index contributed by atoms with van der Waals surface area (Å²) in [5.41, 5.74) is 5.19. The number of ether oxygens (including phenoxy) is 2. The minimum Gasteiger partial charge on any atom is -0.497 e. The number of benzene rings is 3. The van der Waals surface area contributed by atoms with E-state index >= 15 is 0 Å². The van der Waals surface area contributed by atoms with Gasteiger partial charge in [-0.1, -0.05) is 12.1 Å². The lowest BCUT2D eigenvalue weighted by molar-refractivity contribution is 0.0955. The first-order valence-corrected chi connectivity index (χ1v) is 9.72. The van der Waals surface area contributed by atoms with Gasteiger partial charge in [-0.15, -0.1) is 10.2 Å². The molecule has 1 N–H and O–H groups in total. The molecule has 0 saturated heterocycles. The van der Waals surface area contributed by atoms with Crippen molar-refractivity contribution >= 4 is 12.1 Å². The van der Waals surface area contributed by atoms with Gasteiger partial charge in [0.05, 0.1) is 26.0 Å². The molecule has 0 aliphatic rings. The summed E-state index contributed by atoms with van der Waals surface area (Å²) in [6, 6.07) is 21.5. The molecule has 0 radical (unpaired) electrons. The maximum absolute atomic E-state index is 12.3. The van der Waals surface area contributed by atoms with Gasteiger partial charge in [0, 0.05) is 11.1 Å². The number of para-hydroxylation sites is 1. The molecule has 32 heavy (non-hydrogen) atoms. The quantitative estimate of drug-likeness (QED) is 0.350. The average molecular weight is 428 g/mol. The van der Waals surface area contributed by atoms with Crippen molar-refractivity contribution in [3.8, 4) is 34.4 Å². The highest BCUT2D eigenvalue weighted by molar-refractivity contribution is 5.95. The summed E-state index contributed by atoms with van der Waals surface area (Å²) >= 11 is 0. The van der Waals surface area contributed by atoms with Crippen LogP contribution in [0.5, 0.6) is 11.5 Å². The molecule has 0 atom stereocenters. The molecule has 0 spiro atoms. The van der Waals surface area contributed by atoms with E-state index in [1.165, 1.54) is 0 Å². The third-order valence-electron chi connectivity index (χ3n) is 4.65. The highest BCUT2D eigenvalue weighted by Crippen LogP contribution is 2.30. The van der Waals surface area contributed by atoms with Gasteiger partial charge in [-0.2, -0.15) is 5.10 Å². The predicted molar refractivity (Wildman–Crippen MR) is 120 cm³/mol. The first-order chi connectivity index (χ1) is 15.7. The minimum atomic E-state index is -0.332. The Kier molecular flexibility index (Phi) is 6.22. The Morgan fingerprint density at radius 1 is 0.906 bits per heavy atom. The van der Waals surface area contributed by atoms with Gasteiger partial charge in [0.25, 0.3) is 11.8 Å². The molecule has 0 aliphatic heterocycles. The molecule has 8 heteroatoms. The number of rotatable bonds is 7. The number of hydrazone groups is 1. The Labute approximate surface area is 184 Å². The molecular formula is C24H20N4O4. The zero-order valence-electron chi connectivity index (χ0n) is 17.5. The van der Waals surface area contributed by atoms with Crippen molar-refractivity contribution in [2.45, 2.75) is 0 Å². The van der Waals surface area contributed by atoms with Crippen LogP contribution in [0, 0.1) is 0 Å². The number of nitrogens with zero attached hydrogens (tertiary/aromatic N) is 3. The van der Waals surface area contributed by atoms with E-state index in [9.17, 15) is 4.79 Å². The number of methoxy groups -OCH3 is 2. The number of hydrogen-bond acceptors (Lipinski definition) is 7. The molecule has 3 aromatic carbocycles. The molecule has 0 bridgehead atoms. The molecular weight excluding hydrogens is 408 g/mol. The Balaban J connectivity index is 1.42. The third-order valence-corrected chi connectivity index (χ3v) is 4.65. The summed E-state index contributed by atoms with van der Waals surface area (Å²) in [5, 5.41) is 12.2. The Hall–Kier alpha value is -4.46. The van der Waals surface area contributed by atoms with E-state index in [0.717, 1.165) is 11.3 Å². The predicted octanol–water partition coefficient (Wildman–Crippen LogP) is 4.18. The number of carbonyl (C=O) groups is 1. The lowest BCUT2D eigenvalue weighted by atomic mass is 10.1. The van der Waals surface area contributed by atoms with Gasteiger partial charge in [-0.05, 0) is 66.2 Å². The summed E-state index contributed by atoms with van der Waals surface area (Å²) in [6.45, 7) is 0. The SMILES string of the molecule is COc1ccc(/C=N/NC(=O)c2ccc(-c3nnc(-c4ccccc4OC)o3)cc2)cc1. The molecule has 0 saturated carbocycles. The second-order valence-electron chi connectivity index (χ2n) is 6.66. The van der Waals surface area contributed by atoms with E-state index in [4.69, 9.17) is 13.9 Å². The van der Waals surface area contributed by atoms with E-state index in [2.05, 4.69) is 20.7 Å². The summed E-state index contributed by atoms with van der Waals surface area (Å²) < 4.78 is 16.2. The number of nitrogens with one attached hydrogen (secondary N) is 1. The van der Waals surface area contributed by atoms with Crippen LogP contribution < -0.4 is 14.9 Å². The molecule has 0 unspecified atom stereocenters. The van der Waals surface area contributed by atoms with Crippen LogP contribution in [0.25, 0.3) is 22.9 Å². The topological polar surface area (TPSA) is 98.8 Å². The van der Waals surface area contributed by atoms with Gasteiger partial charge < -0.3 is 13.9 Å². The molecule has 4 rings (SSSR count). The second-order valence-corrected chi connectivity index (χ2v) is 6.66. The standard InChI is InChI=1S/C24H20N4O4/c1-30-19-13-7-16(8-14-19)15-25-26-22(29)17-9-11-18(12-10-17)23-27-28-24(32-23)20-5-3-4-6-21(20)31-2/h3-15H,1-2H3,(H,26,29)/b25-15+. The van der Waals surface area contributed by atoms with Crippen LogP contribution in [0.1, 0.15) is 15.9 Å². The Morgan fingerprint density at radius 2 is 1.62 bits per heavy atom. The molecule has 1 aromatic heterocycles. The van der Waals surface area contributed by atoms with Crippen LogP contribution in [0.4, 0.5) is 0 Å². The third kappa shape index (κ3) is 4.65. The molecule has 4 aromatic rings. The summed E-state index contributed by atoms with van der Waals surface area (Å²) in [5.74, 6) is 1.76. The molecule has 1 amide bonds. The highest BCUT2D eigenvalue weighted by Gasteiger charge is 2.14. The van der Waals surface area contributed by atoms with Crippen LogP contribution in [-0.2, 0) is 0 Å². The minimum absolute atomic E-state index is 0.332. The molecule has 8 nitrogen and oxygen atoms in total. The zero-order valence-corrected chi connectivity index (χ0v) is 17.5. The number of aromatic nitrogens is 2. The van der Waals surface area contributed by atoms with Gasteiger partial charge in [0.2, 0.25) is 5.89 Å². The van der Waals surface area contributed by atoms with Crippen molar-refractivity contribution in [1.29, 1.82) is 0 Å². The van der Waals surface area contributed by atoms with Crippen LogP contribution in [0.3, 0.4) is 0 Å². The van der Waals surface area contributed by atoms with E-state index in [-0.39, 0.29) is 5.91 Å². The molecule has 1 heterocycles. The van der Waals surface area contributed by atoms with Crippen LogP contribution in [0.15, 0.2) is 82.3 Å². The van der Waals surface area contributed by atoms with Crippen molar-refractivity contribution < 1.29 is 18.7 Å². The fourth-order valence-electron chi connectivity index (χ4n) is 2.95. The molecule has 160 valence electrons. The average Bonchev–Trinajstić information content (AvgIpc) is 3.34. The lowest BCUT2D eigenvalue weighted by Gasteiger charge is -2.03. The van der Waals surface area contributed by atoms with E-state index in [1.54, 1.807) is 44.7 Å². The fourth-order valence-corrected chi connectivity index (χ4v) is 2.95. The van der Waals surface area contributed by atoms with Crippen LogP contribution in [-0.4, -0.2) is 36.5 Å². The number of carbonyl (C=O) groups excluding carboxylic acids is 1. The summed E-state index contributed by atoms with van der Waals surface area (Å²) in [7, 11) is 3.19. The van der Waals surface area contributed by atoms with Crippen molar-refractivity contribution in [2.24, 2.45) is 5.10 Å². The zero-order chi connectivity index (χ0) is 22.3. The second kappa shape index (κ2) is 9.57. The van der Waals surface area contributed by atoms with E-state index in [1.807, 2.05) is 48.5 Å². The Bertz CT molecular complexity index is 1230. The first kappa shape index (κ1) is 20.8. The molecule has 0 aliphatic carbocycles. The fraction of sp³-hybridized carbons (Fsp3) is 0.0833. The van der Waals surface area contributed by atoms with Crippen molar-refractivity contribution in [1.82, 2.24) is 15.6 Å². The molecule has 0 fully saturated rings. The highest BCUT2D eigenvalue weighted by atomic mass is 16.5. The van der Waals surface area contributed by atoms with Gasteiger partial charge in [-0.25, -0.2) is 5.43 Å². The van der Waals surface area contributed by atoms with Gasteiger partial charge in [0.15, 0.2) is 0 Å². The van der Waals surface area contributed by atoms with Crippen LogP contribution in [0.2, 0.25) is 0 Å². The van der Waals surface area contributed by atoms with Gasteiger partial charge in [0.1, 0.15) is 11.5 Å². The van der Waals surface area contributed by atoms with Crippen molar-refractivity contribution in [2.75, 3.05) is 14.2 Å². The van der Waals surface area contributed by atoms with Crippen molar-refractivity contribution in [3.05, 3.63) is 83.9 Å². The van der Waals surface area contributed by atoms with Crippen LogP contribution >= 0.6 is 0 Å². The number of amides is 1. The van der Waals surface area contributed by atoms with Gasteiger partial charge in [-0.3, -0.25) is 4.79 Å². The maximum Gasteiger partial charge on any atom is 0.271 e.